The first-order valence-electron chi connectivity index (χ1n) is 6.31. The molecule has 102 valence electrons. The van der Waals surface area contributed by atoms with Gasteiger partial charge in [-0.25, -0.2) is 4.98 Å². The van der Waals surface area contributed by atoms with E-state index in [1.54, 1.807) is 0 Å². The molecule has 1 aromatic heterocycles. The van der Waals surface area contributed by atoms with Gasteiger partial charge in [-0.05, 0) is 25.0 Å². The number of ether oxygens (including phenoxy) is 1. The second-order valence-corrected chi connectivity index (χ2v) is 4.74. The van der Waals surface area contributed by atoms with Crippen molar-refractivity contribution in [1.29, 1.82) is 0 Å². The Hall–Kier alpha value is -2.63. The molecule has 3 rings (SSSR count). The molecule has 1 saturated carbocycles. The molecule has 2 aromatic rings. The van der Waals surface area contributed by atoms with Gasteiger partial charge in [0, 0.05) is 11.6 Å². The van der Waals surface area contributed by atoms with Gasteiger partial charge in [0.1, 0.15) is 11.6 Å². The highest BCUT2D eigenvalue weighted by molar-refractivity contribution is 5.66. The molecule has 0 bridgehead atoms. The van der Waals surface area contributed by atoms with Crippen LogP contribution in [0.4, 0.5) is 11.5 Å². The number of aromatic nitrogens is 1. The van der Waals surface area contributed by atoms with E-state index in [-0.39, 0.29) is 11.5 Å². The van der Waals surface area contributed by atoms with Crippen molar-refractivity contribution in [3.8, 4) is 17.0 Å². The average Bonchev–Trinajstić information content (AvgIpc) is 3.22. The van der Waals surface area contributed by atoms with Crippen LogP contribution in [0.5, 0.6) is 5.75 Å². The van der Waals surface area contributed by atoms with Crippen LogP contribution in [-0.2, 0) is 0 Å². The molecule has 6 heteroatoms. The normalized spacial score (nSPS) is 14.0. The Morgan fingerprint density at radius 1 is 1.30 bits per heavy atom. The first kappa shape index (κ1) is 12.4. The predicted octanol–water partition coefficient (Wildman–Crippen LogP) is 2.78. The minimum atomic E-state index is -0.480. The fraction of sp³-hybridized carbons (Fsp3) is 0.214. The molecule has 0 saturated heterocycles. The van der Waals surface area contributed by atoms with Crippen LogP contribution in [0.25, 0.3) is 11.3 Å². The number of nitrogens with zero attached hydrogens (tertiary/aromatic N) is 2. The summed E-state index contributed by atoms with van der Waals surface area (Å²) in [5.41, 5.74) is 6.77. The maximum Gasteiger partial charge on any atom is 0.275 e. The zero-order chi connectivity index (χ0) is 14.1. The molecule has 0 atom stereocenters. The average molecular weight is 271 g/mol. The summed E-state index contributed by atoms with van der Waals surface area (Å²) >= 11 is 0. The summed E-state index contributed by atoms with van der Waals surface area (Å²) in [7, 11) is 0. The van der Waals surface area contributed by atoms with E-state index in [1.165, 1.54) is 12.1 Å². The van der Waals surface area contributed by atoms with Crippen molar-refractivity contribution in [3.05, 3.63) is 46.5 Å². The number of benzene rings is 1. The summed E-state index contributed by atoms with van der Waals surface area (Å²) in [5.74, 6) is 0.875. The lowest BCUT2D eigenvalue weighted by Crippen LogP contribution is -1.98. The van der Waals surface area contributed by atoms with Crippen LogP contribution in [0, 0.1) is 10.1 Å². The molecule has 1 fully saturated rings. The molecule has 0 unspecified atom stereocenters. The summed E-state index contributed by atoms with van der Waals surface area (Å²) < 4.78 is 5.70. The van der Waals surface area contributed by atoms with Crippen LogP contribution in [0.2, 0.25) is 0 Å². The van der Waals surface area contributed by atoms with Gasteiger partial charge in [0.05, 0.1) is 22.8 Å². The fourth-order valence-electron chi connectivity index (χ4n) is 1.90. The van der Waals surface area contributed by atoms with Crippen molar-refractivity contribution >= 4 is 11.5 Å². The summed E-state index contributed by atoms with van der Waals surface area (Å²) in [6.45, 7) is 0. The third kappa shape index (κ3) is 2.69. The number of nitrogens with two attached hydrogens (primary N) is 1. The molecule has 1 aromatic carbocycles. The fourth-order valence-corrected chi connectivity index (χ4v) is 1.90. The summed E-state index contributed by atoms with van der Waals surface area (Å²) in [6, 6.07) is 10.0. The molecule has 2 N–H and O–H groups in total. The molecular formula is C14H13N3O3. The van der Waals surface area contributed by atoms with E-state index in [0.717, 1.165) is 24.2 Å². The van der Waals surface area contributed by atoms with Gasteiger partial charge in [-0.2, -0.15) is 0 Å². The third-order valence-electron chi connectivity index (χ3n) is 3.00. The van der Waals surface area contributed by atoms with Gasteiger partial charge in [0.2, 0.25) is 0 Å². The van der Waals surface area contributed by atoms with Crippen molar-refractivity contribution in [3.63, 3.8) is 0 Å². The molecule has 0 spiro atoms. The van der Waals surface area contributed by atoms with Crippen molar-refractivity contribution in [2.24, 2.45) is 0 Å². The van der Waals surface area contributed by atoms with Crippen LogP contribution >= 0.6 is 0 Å². The highest BCUT2D eigenvalue weighted by Gasteiger charge is 2.23. The quantitative estimate of drug-likeness (QED) is 0.682. The lowest BCUT2D eigenvalue weighted by atomic mass is 10.1. The van der Waals surface area contributed by atoms with Gasteiger partial charge in [-0.3, -0.25) is 10.1 Å². The zero-order valence-corrected chi connectivity index (χ0v) is 10.7. The van der Waals surface area contributed by atoms with Crippen molar-refractivity contribution in [1.82, 2.24) is 4.98 Å². The van der Waals surface area contributed by atoms with Crippen molar-refractivity contribution < 1.29 is 9.66 Å². The van der Waals surface area contributed by atoms with Crippen LogP contribution < -0.4 is 10.5 Å². The van der Waals surface area contributed by atoms with E-state index in [9.17, 15) is 10.1 Å². The van der Waals surface area contributed by atoms with Gasteiger partial charge < -0.3 is 10.5 Å². The monoisotopic (exact) mass is 271 g/mol. The summed E-state index contributed by atoms with van der Waals surface area (Å²) in [4.78, 5) is 14.5. The van der Waals surface area contributed by atoms with E-state index in [0.29, 0.717) is 11.8 Å². The Kier molecular flexibility index (Phi) is 2.98. The van der Waals surface area contributed by atoms with E-state index >= 15 is 0 Å². The Morgan fingerprint density at radius 3 is 2.80 bits per heavy atom. The number of anilines is 1. The molecule has 20 heavy (non-hydrogen) atoms. The van der Waals surface area contributed by atoms with Crippen LogP contribution in [0.1, 0.15) is 12.8 Å². The Labute approximate surface area is 115 Å². The number of nitrogen functional groups attached to an aromatic ring is 1. The molecule has 0 radical (unpaired) electrons. The van der Waals surface area contributed by atoms with Crippen molar-refractivity contribution in [2.45, 2.75) is 18.9 Å². The second-order valence-electron chi connectivity index (χ2n) is 4.74. The van der Waals surface area contributed by atoms with E-state index in [2.05, 4.69) is 4.98 Å². The van der Waals surface area contributed by atoms with Crippen molar-refractivity contribution in [2.75, 3.05) is 5.73 Å². The number of rotatable bonds is 4. The zero-order valence-electron chi connectivity index (χ0n) is 10.7. The molecule has 1 aliphatic rings. The number of nitro groups is 1. The first-order valence-corrected chi connectivity index (χ1v) is 6.31. The highest BCUT2D eigenvalue weighted by Crippen LogP contribution is 2.30. The highest BCUT2D eigenvalue weighted by atomic mass is 16.6. The summed E-state index contributed by atoms with van der Waals surface area (Å²) in [5, 5.41) is 10.9. The lowest BCUT2D eigenvalue weighted by molar-refractivity contribution is -0.384. The van der Waals surface area contributed by atoms with Gasteiger partial charge >= 0.3 is 0 Å². The standard InChI is InChI=1S/C14H13N3O3/c15-14-8-10(17(18)19)7-13(16-14)9-2-1-3-12(6-9)20-11-4-5-11/h1-3,6-8,11H,4-5H2,(H2,15,16). The molecular weight excluding hydrogens is 258 g/mol. The molecule has 1 heterocycles. The Bertz CT molecular complexity index is 668. The summed E-state index contributed by atoms with van der Waals surface area (Å²) in [6.07, 6.45) is 2.45. The van der Waals surface area contributed by atoms with Crippen LogP contribution in [-0.4, -0.2) is 16.0 Å². The minimum Gasteiger partial charge on any atom is -0.490 e. The predicted molar refractivity (Wildman–Crippen MR) is 74.4 cm³/mol. The largest absolute Gasteiger partial charge is 0.490 e. The molecule has 6 nitrogen and oxygen atoms in total. The minimum absolute atomic E-state index is 0.0685. The number of hydrogen-bond acceptors (Lipinski definition) is 5. The SMILES string of the molecule is Nc1cc([N+](=O)[O-])cc(-c2cccc(OC3CC3)c2)n1. The van der Waals surface area contributed by atoms with Crippen LogP contribution in [0.3, 0.4) is 0 Å². The number of pyridine rings is 1. The Balaban J connectivity index is 1.96. The number of hydrogen-bond donors (Lipinski definition) is 1. The van der Waals surface area contributed by atoms with Gasteiger partial charge in [-0.15, -0.1) is 0 Å². The lowest BCUT2D eigenvalue weighted by Gasteiger charge is -2.07. The van der Waals surface area contributed by atoms with E-state index < -0.39 is 4.92 Å². The Morgan fingerprint density at radius 2 is 2.10 bits per heavy atom. The molecule has 0 amide bonds. The maximum atomic E-state index is 10.9. The maximum absolute atomic E-state index is 10.9. The molecule has 0 aliphatic heterocycles. The first-order chi connectivity index (χ1) is 9.61. The smallest absolute Gasteiger partial charge is 0.275 e. The van der Waals surface area contributed by atoms with E-state index in [1.807, 2.05) is 24.3 Å². The van der Waals surface area contributed by atoms with Gasteiger partial charge in [-0.1, -0.05) is 12.1 Å². The van der Waals surface area contributed by atoms with E-state index in [4.69, 9.17) is 10.5 Å². The van der Waals surface area contributed by atoms with Gasteiger partial charge in [0.25, 0.3) is 5.69 Å². The third-order valence-corrected chi connectivity index (χ3v) is 3.00. The van der Waals surface area contributed by atoms with Gasteiger partial charge in [0.15, 0.2) is 0 Å². The topological polar surface area (TPSA) is 91.3 Å². The second kappa shape index (κ2) is 4.80. The molecule has 1 aliphatic carbocycles. The van der Waals surface area contributed by atoms with Crippen LogP contribution in [0.15, 0.2) is 36.4 Å².